The fraction of sp³-hybridized carbons (Fsp3) is 0.200. The van der Waals surface area contributed by atoms with Gasteiger partial charge in [-0.3, -0.25) is 9.89 Å². The number of nitrogens with one attached hydrogen (secondary N) is 2. The van der Waals surface area contributed by atoms with Crippen molar-refractivity contribution >= 4 is 23.2 Å². The van der Waals surface area contributed by atoms with Crippen LogP contribution >= 0.6 is 11.6 Å². The van der Waals surface area contributed by atoms with Crippen molar-refractivity contribution in [3.63, 3.8) is 0 Å². The fourth-order valence-corrected chi connectivity index (χ4v) is 2.84. The van der Waals surface area contributed by atoms with Crippen molar-refractivity contribution in [1.29, 1.82) is 0 Å². The number of anilines is 1. The van der Waals surface area contributed by atoms with E-state index in [2.05, 4.69) is 15.5 Å². The summed E-state index contributed by atoms with van der Waals surface area (Å²) in [5, 5.41) is 11.0. The van der Waals surface area contributed by atoms with Gasteiger partial charge in [-0.1, -0.05) is 30.7 Å². The fourth-order valence-electron chi connectivity index (χ4n) is 2.71. The Kier molecular flexibility index (Phi) is 5.66. The van der Waals surface area contributed by atoms with Crippen molar-refractivity contribution in [1.82, 2.24) is 10.2 Å². The van der Waals surface area contributed by atoms with Crippen molar-refractivity contribution in [2.75, 3.05) is 19.5 Å². The number of ether oxygens (including phenoxy) is 2. The normalized spacial score (nSPS) is 10.5. The van der Waals surface area contributed by atoms with E-state index in [0.29, 0.717) is 39.9 Å². The van der Waals surface area contributed by atoms with Gasteiger partial charge in [0.15, 0.2) is 0 Å². The Labute approximate surface area is 162 Å². The van der Waals surface area contributed by atoms with E-state index in [1.54, 1.807) is 44.6 Å². The van der Waals surface area contributed by atoms with E-state index in [4.69, 9.17) is 21.1 Å². The van der Waals surface area contributed by atoms with E-state index < -0.39 is 0 Å². The van der Waals surface area contributed by atoms with Gasteiger partial charge >= 0.3 is 0 Å². The highest BCUT2D eigenvalue weighted by Crippen LogP contribution is 2.31. The zero-order valence-electron chi connectivity index (χ0n) is 15.3. The summed E-state index contributed by atoms with van der Waals surface area (Å²) in [6.45, 7) is 1.99. The zero-order chi connectivity index (χ0) is 19.4. The molecule has 3 aromatic rings. The van der Waals surface area contributed by atoms with Gasteiger partial charge in [0.1, 0.15) is 17.2 Å². The summed E-state index contributed by atoms with van der Waals surface area (Å²) in [7, 11) is 3.08. The Morgan fingerprint density at radius 2 is 1.74 bits per heavy atom. The Bertz CT molecular complexity index is 929. The first-order valence-electron chi connectivity index (χ1n) is 8.43. The number of amides is 1. The highest BCUT2D eigenvalue weighted by Gasteiger charge is 2.18. The molecule has 0 unspecified atom stereocenters. The number of hydrogen-bond donors (Lipinski definition) is 2. The van der Waals surface area contributed by atoms with Crippen molar-refractivity contribution in [2.24, 2.45) is 0 Å². The Morgan fingerprint density at radius 1 is 1.11 bits per heavy atom. The summed E-state index contributed by atoms with van der Waals surface area (Å²) in [5.74, 6) is 0.805. The average Bonchev–Trinajstić information content (AvgIpc) is 3.10. The summed E-state index contributed by atoms with van der Waals surface area (Å²) in [5.41, 5.74) is 3.42. The number of rotatable bonds is 6. The molecule has 0 aliphatic carbocycles. The molecule has 0 saturated heterocycles. The first kappa shape index (κ1) is 18.8. The Morgan fingerprint density at radius 3 is 2.30 bits per heavy atom. The van der Waals surface area contributed by atoms with Crippen LogP contribution in [0.2, 0.25) is 5.02 Å². The summed E-state index contributed by atoms with van der Waals surface area (Å²) < 4.78 is 10.5. The molecular formula is C20H20ClN3O3. The van der Waals surface area contributed by atoms with Crippen LogP contribution in [-0.4, -0.2) is 30.3 Å². The monoisotopic (exact) mass is 385 g/mol. The van der Waals surface area contributed by atoms with Gasteiger partial charge < -0.3 is 14.8 Å². The van der Waals surface area contributed by atoms with Crippen molar-refractivity contribution in [3.8, 4) is 22.8 Å². The third-order valence-corrected chi connectivity index (χ3v) is 4.42. The number of carbonyl (C=O) groups is 1. The van der Waals surface area contributed by atoms with Gasteiger partial charge in [0.25, 0.3) is 5.91 Å². The maximum Gasteiger partial charge on any atom is 0.256 e. The maximum absolute atomic E-state index is 12.9. The van der Waals surface area contributed by atoms with E-state index in [1.165, 1.54) is 0 Å². The third kappa shape index (κ3) is 4.06. The number of halogens is 1. The topological polar surface area (TPSA) is 76.2 Å². The van der Waals surface area contributed by atoms with Gasteiger partial charge in [-0.2, -0.15) is 5.10 Å². The number of aromatic amines is 1. The minimum atomic E-state index is -0.279. The van der Waals surface area contributed by atoms with Crippen LogP contribution in [0.5, 0.6) is 11.5 Å². The number of benzene rings is 2. The van der Waals surface area contributed by atoms with Gasteiger partial charge in [-0.25, -0.2) is 0 Å². The van der Waals surface area contributed by atoms with Crippen LogP contribution in [0.3, 0.4) is 0 Å². The molecule has 1 aromatic heterocycles. The van der Waals surface area contributed by atoms with E-state index in [-0.39, 0.29) is 5.91 Å². The molecule has 6 nitrogen and oxygen atoms in total. The highest BCUT2D eigenvalue weighted by molar-refractivity contribution is 6.30. The molecule has 27 heavy (non-hydrogen) atoms. The molecular weight excluding hydrogens is 366 g/mol. The van der Waals surface area contributed by atoms with Crippen LogP contribution in [-0.2, 0) is 6.42 Å². The lowest BCUT2D eigenvalue weighted by Crippen LogP contribution is -2.13. The molecule has 3 rings (SSSR count). The van der Waals surface area contributed by atoms with Crippen molar-refractivity contribution in [3.05, 3.63) is 58.7 Å². The SMILES string of the molecule is CCc1[nH]nc(-c2ccc(Cl)cc2)c1NC(=O)c1cc(OC)cc(OC)c1. The molecule has 7 heteroatoms. The lowest BCUT2D eigenvalue weighted by Gasteiger charge is -2.11. The number of hydrogen-bond acceptors (Lipinski definition) is 4. The molecule has 0 saturated carbocycles. The smallest absolute Gasteiger partial charge is 0.256 e. The molecule has 0 atom stereocenters. The molecule has 0 aliphatic heterocycles. The van der Waals surface area contributed by atoms with Crippen LogP contribution in [0.1, 0.15) is 23.0 Å². The van der Waals surface area contributed by atoms with Gasteiger partial charge in [0.05, 0.1) is 25.6 Å². The number of aromatic nitrogens is 2. The molecule has 1 heterocycles. The quantitative estimate of drug-likeness (QED) is 0.652. The van der Waals surface area contributed by atoms with E-state index >= 15 is 0 Å². The molecule has 0 radical (unpaired) electrons. The van der Waals surface area contributed by atoms with E-state index in [1.807, 2.05) is 19.1 Å². The summed E-state index contributed by atoms with van der Waals surface area (Å²) in [4.78, 5) is 12.9. The van der Waals surface area contributed by atoms with E-state index in [0.717, 1.165) is 11.3 Å². The van der Waals surface area contributed by atoms with Crippen LogP contribution in [0.4, 0.5) is 5.69 Å². The molecule has 2 aromatic carbocycles. The molecule has 0 fully saturated rings. The predicted molar refractivity (Wildman–Crippen MR) is 106 cm³/mol. The molecule has 0 bridgehead atoms. The first-order chi connectivity index (χ1) is 13.0. The molecule has 140 valence electrons. The Hall–Kier alpha value is -2.99. The number of methoxy groups -OCH3 is 2. The minimum absolute atomic E-state index is 0.279. The second-order valence-corrected chi connectivity index (χ2v) is 6.28. The number of H-pyrrole nitrogens is 1. The summed E-state index contributed by atoms with van der Waals surface area (Å²) in [6.07, 6.45) is 0.692. The standard InChI is InChI=1S/C20H20ClN3O3/c1-4-17-19(18(24-23-17)12-5-7-14(21)8-6-12)22-20(25)13-9-15(26-2)11-16(10-13)27-3/h5-11H,4H2,1-3H3,(H,22,25)(H,23,24). The van der Waals surface area contributed by atoms with E-state index in [9.17, 15) is 4.79 Å². The highest BCUT2D eigenvalue weighted by atomic mass is 35.5. The maximum atomic E-state index is 12.9. The van der Waals surface area contributed by atoms with Crippen LogP contribution in [0.15, 0.2) is 42.5 Å². The number of nitrogens with zero attached hydrogens (tertiary/aromatic N) is 1. The Balaban J connectivity index is 1.96. The first-order valence-corrected chi connectivity index (χ1v) is 8.81. The summed E-state index contributed by atoms with van der Waals surface area (Å²) in [6, 6.07) is 12.3. The second-order valence-electron chi connectivity index (χ2n) is 5.84. The zero-order valence-corrected chi connectivity index (χ0v) is 16.1. The minimum Gasteiger partial charge on any atom is -0.497 e. The molecule has 0 aliphatic rings. The largest absolute Gasteiger partial charge is 0.497 e. The van der Waals surface area contributed by atoms with Gasteiger partial charge in [-0.05, 0) is 30.7 Å². The molecule has 0 spiro atoms. The predicted octanol–water partition coefficient (Wildman–Crippen LogP) is 4.56. The lowest BCUT2D eigenvalue weighted by atomic mass is 10.1. The number of carbonyl (C=O) groups excluding carboxylic acids is 1. The summed E-state index contributed by atoms with van der Waals surface area (Å²) >= 11 is 5.97. The molecule has 1 amide bonds. The van der Waals surface area contributed by atoms with Crippen molar-refractivity contribution in [2.45, 2.75) is 13.3 Å². The van der Waals surface area contributed by atoms with Crippen molar-refractivity contribution < 1.29 is 14.3 Å². The molecule has 2 N–H and O–H groups in total. The number of aryl methyl sites for hydroxylation is 1. The van der Waals surface area contributed by atoms with Crippen LogP contribution in [0.25, 0.3) is 11.3 Å². The van der Waals surface area contributed by atoms with Crippen LogP contribution < -0.4 is 14.8 Å². The second kappa shape index (κ2) is 8.14. The van der Waals surface area contributed by atoms with Gasteiger partial charge in [0.2, 0.25) is 0 Å². The average molecular weight is 386 g/mol. The van der Waals surface area contributed by atoms with Crippen LogP contribution in [0, 0.1) is 0 Å². The van der Waals surface area contributed by atoms with Gasteiger partial charge in [0, 0.05) is 22.2 Å². The third-order valence-electron chi connectivity index (χ3n) is 4.16. The lowest BCUT2D eigenvalue weighted by molar-refractivity contribution is 0.102. The van der Waals surface area contributed by atoms with Gasteiger partial charge in [-0.15, -0.1) is 0 Å².